The first-order valence-corrected chi connectivity index (χ1v) is 10.4. The molecule has 0 aliphatic rings. The van der Waals surface area contributed by atoms with Gasteiger partial charge in [0, 0.05) is 55.3 Å². The topological polar surface area (TPSA) is 148 Å². The molecule has 0 spiro atoms. The van der Waals surface area contributed by atoms with Crippen LogP contribution in [-0.4, -0.2) is 44.7 Å². The minimum atomic E-state index is -0.800. The molecule has 3 aromatic rings. The van der Waals surface area contributed by atoms with Crippen LogP contribution in [0.2, 0.25) is 0 Å². The Kier molecular flexibility index (Phi) is 7.74. The molecule has 1 atom stereocenters. The van der Waals surface area contributed by atoms with Gasteiger partial charge in [-0.25, -0.2) is 13.8 Å². The number of aromatic nitrogens is 2. The van der Waals surface area contributed by atoms with Crippen LogP contribution in [0.4, 0.5) is 26.1 Å². The predicted octanol–water partition coefficient (Wildman–Crippen LogP) is 2.93. The van der Waals surface area contributed by atoms with Crippen molar-refractivity contribution in [2.75, 3.05) is 24.1 Å². The van der Waals surface area contributed by atoms with Gasteiger partial charge in [-0.1, -0.05) is 0 Å². The monoisotopic (exact) mass is 474 g/mol. The molecule has 12 heteroatoms. The van der Waals surface area contributed by atoms with E-state index in [2.05, 4.69) is 15.6 Å². The highest BCUT2D eigenvalue weighted by Gasteiger charge is 2.19. The van der Waals surface area contributed by atoms with Gasteiger partial charge in [-0.3, -0.25) is 14.9 Å². The summed E-state index contributed by atoms with van der Waals surface area (Å²) in [5.41, 5.74) is 5.85. The lowest BCUT2D eigenvalue weighted by atomic mass is 10.0. The Morgan fingerprint density at radius 1 is 1.26 bits per heavy atom. The number of pyridine rings is 1. The van der Waals surface area contributed by atoms with Gasteiger partial charge in [-0.05, 0) is 31.5 Å². The summed E-state index contributed by atoms with van der Waals surface area (Å²) in [4.78, 5) is 26.8. The van der Waals surface area contributed by atoms with Gasteiger partial charge in [0.15, 0.2) is 0 Å². The van der Waals surface area contributed by atoms with Gasteiger partial charge in [-0.2, -0.15) is 0 Å². The number of halogens is 2. The van der Waals surface area contributed by atoms with E-state index in [-0.39, 0.29) is 29.2 Å². The number of nitrogens with one attached hydrogen (secondary N) is 2. The SMILES string of the molecule is C[C@H](O)CNC(=O)c1cn(CCCNc2ccc([N+](=O)[O-])c(N)n2)cc1-c1ccc(F)cc1F. The second-order valence-electron chi connectivity index (χ2n) is 7.64. The summed E-state index contributed by atoms with van der Waals surface area (Å²) in [6.45, 7) is 2.41. The Morgan fingerprint density at radius 3 is 2.68 bits per heavy atom. The minimum absolute atomic E-state index is 0.0185. The van der Waals surface area contributed by atoms with Crippen molar-refractivity contribution in [2.24, 2.45) is 0 Å². The highest BCUT2D eigenvalue weighted by Crippen LogP contribution is 2.28. The van der Waals surface area contributed by atoms with E-state index >= 15 is 0 Å². The largest absolute Gasteiger partial charge is 0.392 e. The van der Waals surface area contributed by atoms with E-state index in [1.807, 2.05) is 0 Å². The molecule has 0 saturated heterocycles. The van der Waals surface area contributed by atoms with Crippen LogP contribution in [0, 0.1) is 21.7 Å². The fourth-order valence-corrected chi connectivity index (χ4v) is 3.27. The van der Waals surface area contributed by atoms with E-state index < -0.39 is 28.6 Å². The Morgan fingerprint density at radius 2 is 2.03 bits per heavy atom. The molecule has 0 radical (unpaired) electrons. The molecule has 180 valence electrons. The number of nitrogens with zero attached hydrogens (tertiary/aromatic N) is 3. The Bertz CT molecular complexity index is 1200. The number of benzene rings is 1. The number of nitro groups is 1. The average molecular weight is 474 g/mol. The van der Waals surface area contributed by atoms with Crippen LogP contribution in [0.25, 0.3) is 11.1 Å². The molecule has 0 saturated carbocycles. The first-order valence-electron chi connectivity index (χ1n) is 10.4. The summed E-state index contributed by atoms with van der Waals surface area (Å²) in [7, 11) is 0. The van der Waals surface area contributed by atoms with Crippen LogP contribution in [0.5, 0.6) is 0 Å². The summed E-state index contributed by atoms with van der Waals surface area (Å²) in [6, 6.07) is 5.83. The molecule has 1 aromatic carbocycles. The van der Waals surface area contributed by atoms with Gasteiger partial charge in [-0.15, -0.1) is 0 Å². The van der Waals surface area contributed by atoms with Crippen molar-refractivity contribution in [3.05, 3.63) is 70.0 Å². The number of anilines is 2. The summed E-state index contributed by atoms with van der Waals surface area (Å²) in [6.07, 6.45) is 2.95. The van der Waals surface area contributed by atoms with Gasteiger partial charge >= 0.3 is 5.69 Å². The van der Waals surface area contributed by atoms with E-state index in [0.717, 1.165) is 12.1 Å². The maximum atomic E-state index is 14.4. The second kappa shape index (κ2) is 10.7. The number of aliphatic hydroxyl groups excluding tert-OH is 1. The van der Waals surface area contributed by atoms with Crippen LogP contribution in [0.3, 0.4) is 0 Å². The van der Waals surface area contributed by atoms with Crippen molar-refractivity contribution in [3.8, 4) is 11.1 Å². The summed E-state index contributed by atoms with van der Waals surface area (Å²) in [5, 5.41) is 25.8. The molecular weight excluding hydrogens is 450 g/mol. The van der Waals surface area contributed by atoms with Gasteiger partial charge in [0.05, 0.1) is 16.6 Å². The number of aliphatic hydroxyl groups is 1. The maximum absolute atomic E-state index is 14.4. The number of nitrogens with two attached hydrogens (primary N) is 1. The van der Waals surface area contributed by atoms with Crippen LogP contribution in [0.1, 0.15) is 23.7 Å². The van der Waals surface area contributed by atoms with E-state index in [1.54, 1.807) is 17.0 Å². The van der Waals surface area contributed by atoms with Crippen LogP contribution >= 0.6 is 0 Å². The number of rotatable bonds is 10. The summed E-state index contributed by atoms with van der Waals surface area (Å²) < 4.78 is 29.5. The van der Waals surface area contributed by atoms with Crippen molar-refractivity contribution in [1.82, 2.24) is 14.9 Å². The van der Waals surface area contributed by atoms with Gasteiger partial charge in [0.25, 0.3) is 5.91 Å². The highest BCUT2D eigenvalue weighted by atomic mass is 19.1. The first kappa shape index (κ1) is 24.6. The van der Waals surface area contributed by atoms with Gasteiger partial charge in [0.1, 0.15) is 17.5 Å². The first-order chi connectivity index (χ1) is 16.2. The highest BCUT2D eigenvalue weighted by molar-refractivity contribution is 6.01. The number of carbonyl (C=O) groups excluding carboxylic acids is 1. The Balaban J connectivity index is 1.72. The summed E-state index contributed by atoms with van der Waals surface area (Å²) in [5.74, 6) is -1.85. The number of hydrogen-bond donors (Lipinski definition) is 4. The van der Waals surface area contributed by atoms with Crippen molar-refractivity contribution in [1.29, 1.82) is 0 Å². The predicted molar refractivity (Wildman–Crippen MR) is 122 cm³/mol. The third kappa shape index (κ3) is 6.04. The molecule has 0 bridgehead atoms. The Labute approximate surface area is 193 Å². The van der Waals surface area contributed by atoms with E-state index in [9.17, 15) is 28.8 Å². The van der Waals surface area contributed by atoms with Crippen LogP contribution in [0.15, 0.2) is 42.7 Å². The van der Waals surface area contributed by atoms with Gasteiger partial charge < -0.3 is 26.0 Å². The standard InChI is InChI=1S/C22H24F2N6O4/c1-13(31)10-27-22(32)17-12-29(11-16(17)15-4-3-14(23)9-18(15)24)8-2-7-26-20-6-5-19(30(33)34)21(25)28-20/h3-6,9,11-13,31H,2,7-8,10H2,1H3,(H,27,32)(H3,25,26,28)/t13-/m0/s1. The van der Waals surface area contributed by atoms with Crippen molar-refractivity contribution in [2.45, 2.75) is 26.0 Å². The number of amides is 1. The fraction of sp³-hybridized carbons (Fsp3) is 0.273. The van der Waals surface area contributed by atoms with E-state index in [0.29, 0.717) is 30.9 Å². The molecule has 0 unspecified atom stereocenters. The molecule has 0 aliphatic carbocycles. The molecule has 2 heterocycles. The van der Waals surface area contributed by atoms with Crippen LogP contribution < -0.4 is 16.4 Å². The van der Waals surface area contributed by atoms with Crippen LogP contribution in [-0.2, 0) is 6.54 Å². The second-order valence-corrected chi connectivity index (χ2v) is 7.64. The normalized spacial score (nSPS) is 11.8. The third-order valence-electron chi connectivity index (χ3n) is 4.90. The van der Waals surface area contributed by atoms with Crippen molar-refractivity contribution < 1.29 is 23.6 Å². The molecular formula is C22H24F2N6O4. The van der Waals surface area contributed by atoms with Crippen molar-refractivity contribution >= 4 is 23.2 Å². The van der Waals surface area contributed by atoms with E-state index in [1.165, 1.54) is 25.1 Å². The zero-order valence-electron chi connectivity index (χ0n) is 18.3. The molecule has 5 N–H and O–H groups in total. The maximum Gasteiger partial charge on any atom is 0.311 e. The molecule has 34 heavy (non-hydrogen) atoms. The third-order valence-corrected chi connectivity index (χ3v) is 4.90. The number of nitrogen functional groups attached to an aromatic ring is 1. The lowest BCUT2D eigenvalue weighted by Crippen LogP contribution is -2.30. The fourth-order valence-electron chi connectivity index (χ4n) is 3.27. The molecule has 2 aromatic heterocycles. The van der Waals surface area contributed by atoms with Crippen molar-refractivity contribution in [3.63, 3.8) is 0 Å². The lowest BCUT2D eigenvalue weighted by molar-refractivity contribution is -0.384. The quantitative estimate of drug-likeness (QED) is 0.201. The lowest BCUT2D eigenvalue weighted by Gasteiger charge is -2.08. The smallest absolute Gasteiger partial charge is 0.311 e. The Hall–Kier alpha value is -4.06. The van der Waals surface area contributed by atoms with Gasteiger partial charge in [0.2, 0.25) is 5.82 Å². The zero-order valence-corrected chi connectivity index (χ0v) is 18.3. The number of carbonyl (C=O) groups is 1. The minimum Gasteiger partial charge on any atom is -0.392 e. The van der Waals surface area contributed by atoms with E-state index in [4.69, 9.17) is 5.73 Å². The molecule has 0 aliphatic heterocycles. The molecule has 0 fully saturated rings. The molecule has 3 rings (SSSR count). The average Bonchev–Trinajstić information content (AvgIpc) is 3.18. The number of aryl methyl sites for hydroxylation is 1. The zero-order chi connectivity index (χ0) is 24.8. The summed E-state index contributed by atoms with van der Waals surface area (Å²) >= 11 is 0. The molecule has 10 nitrogen and oxygen atoms in total. The number of hydrogen-bond acceptors (Lipinski definition) is 7. The molecule has 1 amide bonds.